The lowest BCUT2D eigenvalue weighted by Crippen LogP contribution is -1.99. The Labute approximate surface area is 70.0 Å². The predicted octanol–water partition coefficient (Wildman–Crippen LogP) is 0.503. The van der Waals surface area contributed by atoms with Gasteiger partial charge in [-0.05, 0) is 12.0 Å². The summed E-state index contributed by atoms with van der Waals surface area (Å²) in [5, 5.41) is 11.9. The smallest absolute Gasteiger partial charge is 0.143 e. The Bertz CT molecular complexity index is 364. The molecule has 0 aliphatic carbocycles. The Balaban J connectivity index is 2.67. The monoisotopic (exact) mass is 160 g/mol. The fourth-order valence-corrected chi connectivity index (χ4v) is 1.39. The van der Waals surface area contributed by atoms with Gasteiger partial charge in [-0.25, -0.2) is 4.98 Å². The lowest BCUT2D eigenvalue weighted by atomic mass is 10.1. The van der Waals surface area contributed by atoms with Crippen LogP contribution in [0.3, 0.4) is 0 Å². The summed E-state index contributed by atoms with van der Waals surface area (Å²) in [7, 11) is 0. The number of hydrogen-bond acceptors (Lipinski definition) is 4. The van der Waals surface area contributed by atoms with E-state index in [1.807, 2.05) is 6.07 Å². The van der Waals surface area contributed by atoms with E-state index < -0.39 is 0 Å². The number of nitrogens with two attached hydrogens (primary N) is 1. The van der Waals surface area contributed by atoms with Gasteiger partial charge in [0.2, 0.25) is 0 Å². The number of anilines is 2. The van der Waals surface area contributed by atoms with Crippen molar-refractivity contribution in [3.63, 3.8) is 0 Å². The Morgan fingerprint density at radius 2 is 2.50 bits per heavy atom. The van der Waals surface area contributed by atoms with Gasteiger partial charge in [0.25, 0.3) is 0 Å². The van der Waals surface area contributed by atoms with Crippen LogP contribution in [-0.2, 0) is 6.42 Å². The Kier molecular flexibility index (Phi) is 1.37. The first-order chi connectivity index (χ1) is 5.83. The van der Waals surface area contributed by atoms with Crippen LogP contribution < -0.4 is 11.1 Å². The molecule has 60 valence electrons. The topological polar surface area (TPSA) is 74.7 Å². The van der Waals surface area contributed by atoms with Crippen molar-refractivity contribution in [2.45, 2.75) is 6.42 Å². The Morgan fingerprint density at radius 3 is 3.25 bits per heavy atom. The number of nitrogens with one attached hydrogen (secondary N) is 1. The van der Waals surface area contributed by atoms with E-state index in [-0.39, 0.29) is 0 Å². The van der Waals surface area contributed by atoms with Crippen molar-refractivity contribution in [1.82, 2.24) is 4.98 Å². The van der Waals surface area contributed by atoms with Crippen molar-refractivity contribution < 1.29 is 0 Å². The van der Waals surface area contributed by atoms with Crippen LogP contribution in [0.4, 0.5) is 11.5 Å². The van der Waals surface area contributed by atoms with Gasteiger partial charge in [0.15, 0.2) is 0 Å². The summed E-state index contributed by atoms with van der Waals surface area (Å²) in [6, 6.07) is 2.05. The molecule has 0 aromatic carbocycles. The van der Waals surface area contributed by atoms with E-state index in [1.165, 1.54) is 0 Å². The quantitative estimate of drug-likeness (QED) is 0.579. The molecule has 4 heteroatoms. The van der Waals surface area contributed by atoms with Crippen LogP contribution in [-0.4, -0.2) is 11.5 Å². The lowest BCUT2D eigenvalue weighted by molar-refractivity contribution is 1.09. The summed E-state index contributed by atoms with van der Waals surface area (Å²) < 4.78 is 0. The van der Waals surface area contributed by atoms with E-state index >= 15 is 0 Å². The molecule has 0 amide bonds. The average Bonchev–Trinajstić information content (AvgIpc) is 2.52. The fourth-order valence-electron chi connectivity index (χ4n) is 1.39. The van der Waals surface area contributed by atoms with Crippen molar-refractivity contribution >= 4 is 11.5 Å². The molecule has 0 fully saturated rings. The molecule has 1 aromatic rings. The van der Waals surface area contributed by atoms with Crippen LogP contribution in [0.1, 0.15) is 11.1 Å². The Hall–Kier alpha value is -1.76. The predicted molar refractivity (Wildman–Crippen MR) is 45.6 cm³/mol. The van der Waals surface area contributed by atoms with E-state index in [4.69, 9.17) is 11.0 Å². The SMILES string of the molecule is N#Cc1c(N)ncc2c1NCC2. The van der Waals surface area contributed by atoms with Crippen LogP contribution in [0.15, 0.2) is 6.20 Å². The highest BCUT2D eigenvalue weighted by molar-refractivity contribution is 5.71. The maximum atomic E-state index is 8.77. The van der Waals surface area contributed by atoms with Gasteiger partial charge in [0.1, 0.15) is 17.5 Å². The molecule has 0 bridgehead atoms. The second-order valence-corrected chi connectivity index (χ2v) is 2.71. The first kappa shape index (κ1) is 6.92. The van der Waals surface area contributed by atoms with Crippen molar-refractivity contribution in [1.29, 1.82) is 5.26 Å². The molecular formula is C8H8N4. The number of rotatable bonds is 0. The van der Waals surface area contributed by atoms with Crippen LogP contribution >= 0.6 is 0 Å². The number of aromatic nitrogens is 1. The standard InChI is InChI=1S/C8H8N4/c9-3-6-7-5(1-2-11-7)4-12-8(6)10/h4,11H,1-2H2,(H2,10,12). The number of nitrogen functional groups attached to an aromatic ring is 1. The maximum absolute atomic E-state index is 8.77. The molecule has 0 unspecified atom stereocenters. The molecule has 2 heterocycles. The summed E-state index contributed by atoms with van der Waals surface area (Å²) in [4.78, 5) is 3.94. The van der Waals surface area contributed by atoms with Gasteiger partial charge in [-0.15, -0.1) is 0 Å². The summed E-state index contributed by atoms with van der Waals surface area (Å²) in [5.74, 6) is 0.311. The number of hydrogen-bond donors (Lipinski definition) is 2. The van der Waals surface area contributed by atoms with Crippen molar-refractivity contribution in [3.05, 3.63) is 17.3 Å². The first-order valence-corrected chi connectivity index (χ1v) is 3.74. The molecule has 1 aromatic heterocycles. The molecule has 1 aliphatic rings. The van der Waals surface area contributed by atoms with E-state index in [2.05, 4.69) is 10.3 Å². The molecule has 2 rings (SSSR count). The van der Waals surface area contributed by atoms with E-state index in [0.29, 0.717) is 11.4 Å². The number of pyridine rings is 1. The van der Waals surface area contributed by atoms with Crippen molar-refractivity contribution in [3.8, 4) is 6.07 Å². The third-order valence-electron chi connectivity index (χ3n) is 1.99. The number of nitrogens with zero attached hydrogens (tertiary/aromatic N) is 2. The van der Waals surface area contributed by atoms with E-state index in [1.54, 1.807) is 6.20 Å². The zero-order valence-corrected chi connectivity index (χ0v) is 6.46. The largest absolute Gasteiger partial charge is 0.383 e. The molecule has 1 aliphatic heterocycles. The molecule has 4 nitrogen and oxygen atoms in total. The molecule has 0 spiro atoms. The van der Waals surface area contributed by atoms with Gasteiger partial charge >= 0.3 is 0 Å². The van der Waals surface area contributed by atoms with Crippen LogP contribution in [0.25, 0.3) is 0 Å². The third-order valence-corrected chi connectivity index (χ3v) is 1.99. The number of nitriles is 1. The van der Waals surface area contributed by atoms with Gasteiger partial charge < -0.3 is 11.1 Å². The van der Waals surface area contributed by atoms with Gasteiger partial charge in [-0.1, -0.05) is 0 Å². The molecule has 3 N–H and O–H groups in total. The molecule has 0 saturated carbocycles. The fraction of sp³-hybridized carbons (Fsp3) is 0.250. The average molecular weight is 160 g/mol. The summed E-state index contributed by atoms with van der Waals surface area (Å²) in [6.07, 6.45) is 2.66. The van der Waals surface area contributed by atoms with Crippen LogP contribution in [0.2, 0.25) is 0 Å². The van der Waals surface area contributed by atoms with Crippen molar-refractivity contribution in [2.24, 2.45) is 0 Å². The summed E-state index contributed by atoms with van der Waals surface area (Å²) in [5.41, 5.74) is 7.96. The molecule has 0 atom stereocenters. The van der Waals surface area contributed by atoms with Gasteiger partial charge in [0.05, 0.1) is 5.69 Å². The second kappa shape index (κ2) is 2.38. The normalized spacial score (nSPS) is 13.2. The maximum Gasteiger partial charge on any atom is 0.143 e. The highest BCUT2D eigenvalue weighted by Gasteiger charge is 2.16. The highest BCUT2D eigenvalue weighted by Crippen LogP contribution is 2.27. The molecule has 0 radical (unpaired) electrons. The van der Waals surface area contributed by atoms with Gasteiger partial charge in [-0.3, -0.25) is 0 Å². The van der Waals surface area contributed by atoms with Crippen LogP contribution in [0.5, 0.6) is 0 Å². The zero-order chi connectivity index (χ0) is 8.55. The van der Waals surface area contributed by atoms with Gasteiger partial charge in [-0.2, -0.15) is 5.26 Å². The number of fused-ring (bicyclic) bond motifs is 1. The van der Waals surface area contributed by atoms with E-state index in [0.717, 1.165) is 24.2 Å². The minimum atomic E-state index is 0.311. The first-order valence-electron chi connectivity index (χ1n) is 3.74. The lowest BCUT2D eigenvalue weighted by Gasteiger charge is -2.03. The second-order valence-electron chi connectivity index (χ2n) is 2.71. The molecule has 0 saturated heterocycles. The van der Waals surface area contributed by atoms with Crippen molar-refractivity contribution in [2.75, 3.05) is 17.6 Å². The molecular weight excluding hydrogens is 152 g/mol. The Morgan fingerprint density at radius 1 is 1.67 bits per heavy atom. The summed E-state index contributed by atoms with van der Waals surface area (Å²) >= 11 is 0. The van der Waals surface area contributed by atoms with Gasteiger partial charge in [0, 0.05) is 12.7 Å². The zero-order valence-electron chi connectivity index (χ0n) is 6.46. The summed E-state index contributed by atoms with van der Waals surface area (Å²) in [6.45, 7) is 0.870. The van der Waals surface area contributed by atoms with E-state index in [9.17, 15) is 0 Å². The molecule has 12 heavy (non-hydrogen) atoms. The van der Waals surface area contributed by atoms with Crippen LogP contribution in [0, 0.1) is 11.3 Å². The highest BCUT2D eigenvalue weighted by atomic mass is 14.9. The minimum absolute atomic E-state index is 0.311. The third kappa shape index (κ3) is 0.800. The minimum Gasteiger partial charge on any atom is -0.383 e.